The van der Waals surface area contributed by atoms with Crippen LogP contribution in [0.15, 0.2) is 60.7 Å². The first-order valence-electron chi connectivity index (χ1n) is 9.24. The number of aromatic nitrogens is 1. The van der Waals surface area contributed by atoms with Crippen LogP contribution in [0.3, 0.4) is 0 Å². The molecule has 1 aromatic heterocycles. The number of nitrogens with zero attached hydrogens (tertiary/aromatic N) is 1. The van der Waals surface area contributed by atoms with Gasteiger partial charge in [0.1, 0.15) is 6.54 Å². The second-order valence-electron chi connectivity index (χ2n) is 6.94. The van der Waals surface area contributed by atoms with Gasteiger partial charge in [0.2, 0.25) is 5.91 Å². The van der Waals surface area contributed by atoms with Gasteiger partial charge >= 0.3 is 0 Å². The average Bonchev–Trinajstić information content (AvgIpc) is 3.02. The van der Waals surface area contributed by atoms with Gasteiger partial charge < -0.3 is 9.88 Å². The summed E-state index contributed by atoms with van der Waals surface area (Å²) in [5, 5.41) is 4.41. The van der Waals surface area contributed by atoms with Crippen LogP contribution in [0.1, 0.15) is 32.1 Å². The molecule has 1 fully saturated rings. The highest BCUT2D eigenvalue weighted by Gasteiger charge is 2.18. The van der Waals surface area contributed by atoms with Crippen molar-refractivity contribution < 1.29 is 4.79 Å². The van der Waals surface area contributed by atoms with Crippen LogP contribution in [-0.4, -0.2) is 16.5 Å². The van der Waals surface area contributed by atoms with E-state index in [0.29, 0.717) is 12.6 Å². The molecular weight excluding hydrogens is 308 g/mol. The van der Waals surface area contributed by atoms with Crippen molar-refractivity contribution in [3.8, 4) is 11.3 Å². The van der Waals surface area contributed by atoms with Gasteiger partial charge in [0.05, 0.1) is 0 Å². The summed E-state index contributed by atoms with van der Waals surface area (Å²) in [4.78, 5) is 12.7. The predicted octanol–water partition coefficient (Wildman–Crippen LogP) is 4.76. The summed E-state index contributed by atoms with van der Waals surface area (Å²) in [7, 11) is 0. The maximum atomic E-state index is 12.7. The normalized spacial score (nSPS) is 15.4. The van der Waals surface area contributed by atoms with Gasteiger partial charge in [0.15, 0.2) is 0 Å². The summed E-state index contributed by atoms with van der Waals surface area (Å²) < 4.78 is 2.14. The van der Waals surface area contributed by atoms with Gasteiger partial charge in [-0.1, -0.05) is 67.8 Å². The van der Waals surface area contributed by atoms with E-state index in [4.69, 9.17) is 0 Å². The molecule has 1 aliphatic rings. The van der Waals surface area contributed by atoms with Gasteiger partial charge in [-0.3, -0.25) is 4.79 Å². The van der Waals surface area contributed by atoms with Gasteiger partial charge in [-0.25, -0.2) is 0 Å². The number of carbonyl (C=O) groups excluding carboxylic acids is 1. The van der Waals surface area contributed by atoms with Crippen molar-refractivity contribution in [3.63, 3.8) is 0 Å². The number of nitrogens with one attached hydrogen (secondary N) is 1. The van der Waals surface area contributed by atoms with Gasteiger partial charge in [-0.15, -0.1) is 0 Å². The summed E-state index contributed by atoms with van der Waals surface area (Å²) >= 11 is 0. The van der Waals surface area contributed by atoms with Crippen LogP contribution < -0.4 is 5.32 Å². The van der Waals surface area contributed by atoms with Crippen molar-refractivity contribution in [2.24, 2.45) is 0 Å². The number of fused-ring (bicyclic) bond motifs is 1. The second-order valence-corrected chi connectivity index (χ2v) is 6.94. The Bertz CT molecular complexity index is 860. The molecule has 128 valence electrons. The standard InChI is InChI=1S/C22H24N2O/c25-22(23-19-12-5-2-6-13-19)16-24-20-14-8-7-11-18(20)15-21(24)17-9-3-1-4-10-17/h1,3-4,7-11,14-15,19H,2,5-6,12-13,16H2,(H,23,25). The molecule has 1 aliphatic carbocycles. The molecule has 1 saturated carbocycles. The molecule has 0 unspecified atom stereocenters. The smallest absolute Gasteiger partial charge is 0.240 e. The molecule has 0 atom stereocenters. The fourth-order valence-electron chi connectivity index (χ4n) is 3.89. The zero-order valence-electron chi connectivity index (χ0n) is 14.4. The molecule has 1 N–H and O–H groups in total. The van der Waals surface area contributed by atoms with E-state index in [-0.39, 0.29) is 5.91 Å². The maximum Gasteiger partial charge on any atom is 0.240 e. The summed E-state index contributed by atoms with van der Waals surface area (Å²) in [6.07, 6.45) is 5.99. The van der Waals surface area contributed by atoms with Crippen molar-refractivity contribution in [2.45, 2.75) is 44.7 Å². The highest BCUT2D eigenvalue weighted by Crippen LogP contribution is 2.28. The van der Waals surface area contributed by atoms with E-state index in [0.717, 1.165) is 29.6 Å². The third-order valence-electron chi connectivity index (χ3n) is 5.15. The first kappa shape index (κ1) is 15.9. The Balaban J connectivity index is 1.64. The van der Waals surface area contributed by atoms with Crippen molar-refractivity contribution in [2.75, 3.05) is 0 Å². The first-order valence-corrected chi connectivity index (χ1v) is 9.24. The molecule has 0 spiro atoms. The molecule has 0 bridgehead atoms. The highest BCUT2D eigenvalue weighted by atomic mass is 16.2. The molecule has 1 amide bonds. The Hall–Kier alpha value is -2.55. The lowest BCUT2D eigenvalue weighted by atomic mass is 9.95. The third-order valence-corrected chi connectivity index (χ3v) is 5.15. The quantitative estimate of drug-likeness (QED) is 0.734. The zero-order chi connectivity index (χ0) is 17.1. The minimum atomic E-state index is 0.116. The molecule has 3 heteroatoms. The topological polar surface area (TPSA) is 34.0 Å². The van der Waals surface area contributed by atoms with Gasteiger partial charge in [0.25, 0.3) is 0 Å². The molecule has 3 aromatic rings. The number of para-hydroxylation sites is 1. The van der Waals surface area contributed by atoms with Crippen LogP contribution in [0.25, 0.3) is 22.2 Å². The SMILES string of the molecule is O=C(Cn1c(-c2ccccc2)cc2ccccc21)NC1CCCCC1. The number of hydrogen-bond acceptors (Lipinski definition) is 1. The Morgan fingerprint density at radius 3 is 2.48 bits per heavy atom. The number of rotatable bonds is 4. The minimum absolute atomic E-state index is 0.116. The Labute approximate surface area is 148 Å². The molecule has 0 aliphatic heterocycles. The lowest BCUT2D eigenvalue weighted by Crippen LogP contribution is -2.38. The third kappa shape index (κ3) is 3.46. The summed E-state index contributed by atoms with van der Waals surface area (Å²) in [6.45, 7) is 0.369. The molecule has 0 saturated heterocycles. The van der Waals surface area contributed by atoms with Crippen LogP contribution in [0.2, 0.25) is 0 Å². The van der Waals surface area contributed by atoms with Gasteiger partial charge in [0, 0.05) is 22.6 Å². The lowest BCUT2D eigenvalue weighted by Gasteiger charge is -2.23. The Morgan fingerprint density at radius 1 is 0.960 bits per heavy atom. The summed E-state index contributed by atoms with van der Waals surface area (Å²) in [5.41, 5.74) is 3.35. The van der Waals surface area contributed by atoms with Crippen LogP contribution in [0.5, 0.6) is 0 Å². The van der Waals surface area contributed by atoms with Crippen LogP contribution >= 0.6 is 0 Å². The lowest BCUT2D eigenvalue weighted by molar-refractivity contribution is -0.122. The molecule has 1 heterocycles. The summed E-state index contributed by atoms with van der Waals surface area (Å²) in [6, 6.07) is 21.1. The van der Waals surface area contributed by atoms with Crippen molar-refractivity contribution in [1.29, 1.82) is 0 Å². The fraction of sp³-hybridized carbons (Fsp3) is 0.318. The van der Waals surface area contributed by atoms with E-state index in [1.165, 1.54) is 24.6 Å². The van der Waals surface area contributed by atoms with Crippen molar-refractivity contribution >= 4 is 16.8 Å². The van der Waals surface area contributed by atoms with E-state index >= 15 is 0 Å². The number of amides is 1. The fourth-order valence-corrected chi connectivity index (χ4v) is 3.89. The number of carbonyl (C=O) groups is 1. The highest BCUT2D eigenvalue weighted by molar-refractivity contribution is 5.89. The Kier molecular flexibility index (Phi) is 4.55. The summed E-state index contributed by atoms with van der Waals surface area (Å²) in [5.74, 6) is 0.116. The van der Waals surface area contributed by atoms with E-state index in [9.17, 15) is 4.79 Å². The molecule has 0 radical (unpaired) electrons. The molecule has 2 aromatic carbocycles. The van der Waals surface area contributed by atoms with Crippen molar-refractivity contribution in [1.82, 2.24) is 9.88 Å². The molecule has 4 rings (SSSR count). The van der Waals surface area contributed by atoms with E-state index in [1.807, 2.05) is 30.3 Å². The van der Waals surface area contributed by atoms with Crippen molar-refractivity contribution in [3.05, 3.63) is 60.7 Å². The molecular formula is C22H24N2O. The minimum Gasteiger partial charge on any atom is -0.352 e. The van der Waals surface area contributed by atoms with Crippen LogP contribution in [0, 0.1) is 0 Å². The van der Waals surface area contributed by atoms with Gasteiger partial charge in [-0.05, 0) is 30.5 Å². The monoisotopic (exact) mass is 332 g/mol. The number of hydrogen-bond donors (Lipinski definition) is 1. The average molecular weight is 332 g/mol. The van der Waals surface area contributed by atoms with E-state index < -0.39 is 0 Å². The number of benzene rings is 2. The largest absolute Gasteiger partial charge is 0.352 e. The predicted molar refractivity (Wildman–Crippen MR) is 102 cm³/mol. The van der Waals surface area contributed by atoms with Crippen LogP contribution in [-0.2, 0) is 11.3 Å². The molecule has 3 nitrogen and oxygen atoms in total. The van der Waals surface area contributed by atoms with Gasteiger partial charge in [-0.2, -0.15) is 0 Å². The van der Waals surface area contributed by atoms with E-state index in [1.54, 1.807) is 0 Å². The molecule has 25 heavy (non-hydrogen) atoms. The van der Waals surface area contributed by atoms with E-state index in [2.05, 4.69) is 40.2 Å². The maximum absolute atomic E-state index is 12.7. The first-order chi connectivity index (χ1) is 12.3. The Morgan fingerprint density at radius 2 is 1.68 bits per heavy atom. The second kappa shape index (κ2) is 7.14. The zero-order valence-corrected chi connectivity index (χ0v) is 14.4. The van der Waals surface area contributed by atoms with Crippen LogP contribution in [0.4, 0.5) is 0 Å².